The first kappa shape index (κ1) is 10.4. The zero-order valence-electron chi connectivity index (χ0n) is 7.86. The SMILES string of the molecule is O=C(c1ccc([N+](=O)[O-])cc1)c1cnns1. The molecule has 1 aromatic heterocycles. The molecule has 0 atom stereocenters. The minimum atomic E-state index is -0.511. The van der Waals surface area contributed by atoms with Gasteiger partial charge >= 0.3 is 0 Å². The van der Waals surface area contributed by atoms with Crippen molar-refractivity contribution in [3.63, 3.8) is 0 Å². The number of benzene rings is 1. The van der Waals surface area contributed by atoms with Gasteiger partial charge in [0.25, 0.3) is 5.69 Å². The van der Waals surface area contributed by atoms with Crippen molar-refractivity contribution >= 4 is 23.0 Å². The van der Waals surface area contributed by atoms with E-state index in [1.807, 2.05) is 0 Å². The lowest BCUT2D eigenvalue weighted by molar-refractivity contribution is -0.384. The minimum absolute atomic E-state index is 0.0426. The van der Waals surface area contributed by atoms with Crippen molar-refractivity contribution in [1.82, 2.24) is 9.59 Å². The second-order valence-corrected chi connectivity index (χ2v) is 3.70. The second-order valence-electron chi connectivity index (χ2n) is 2.91. The van der Waals surface area contributed by atoms with Gasteiger partial charge in [-0.25, -0.2) is 0 Å². The molecule has 0 amide bonds. The van der Waals surface area contributed by atoms with Gasteiger partial charge in [-0.2, -0.15) is 0 Å². The number of hydrogen-bond donors (Lipinski definition) is 0. The first-order valence-corrected chi connectivity index (χ1v) is 5.02. The van der Waals surface area contributed by atoms with E-state index >= 15 is 0 Å². The van der Waals surface area contributed by atoms with Crippen LogP contribution in [-0.2, 0) is 0 Å². The van der Waals surface area contributed by atoms with Crippen LogP contribution < -0.4 is 0 Å². The Kier molecular flexibility index (Phi) is 2.69. The molecule has 0 saturated carbocycles. The monoisotopic (exact) mass is 235 g/mol. The van der Waals surface area contributed by atoms with Crippen molar-refractivity contribution in [2.75, 3.05) is 0 Å². The molecule has 0 radical (unpaired) electrons. The summed E-state index contributed by atoms with van der Waals surface area (Å²) >= 11 is 0.992. The Morgan fingerprint density at radius 2 is 2.00 bits per heavy atom. The molecule has 0 saturated heterocycles. The van der Waals surface area contributed by atoms with Crippen molar-refractivity contribution in [2.45, 2.75) is 0 Å². The van der Waals surface area contributed by atoms with Gasteiger partial charge in [-0.15, -0.1) is 5.10 Å². The van der Waals surface area contributed by atoms with E-state index in [-0.39, 0.29) is 11.5 Å². The van der Waals surface area contributed by atoms with Gasteiger partial charge in [0.05, 0.1) is 11.1 Å². The fourth-order valence-corrected chi connectivity index (χ4v) is 1.62. The highest BCUT2D eigenvalue weighted by Crippen LogP contribution is 2.16. The molecular formula is C9H5N3O3S. The Hall–Kier alpha value is -2.15. The van der Waals surface area contributed by atoms with Gasteiger partial charge in [0, 0.05) is 17.7 Å². The molecule has 0 bridgehead atoms. The lowest BCUT2D eigenvalue weighted by atomic mass is 10.1. The number of aromatic nitrogens is 2. The summed E-state index contributed by atoms with van der Waals surface area (Å²) in [6, 6.07) is 5.42. The Morgan fingerprint density at radius 1 is 1.31 bits per heavy atom. The smallest absolute Gasteiger partial charge is 0.269 e. The van der Waals surface area contributed by atoms with Crippen LogP contribution in [-0.4, -0.2) is 20.3 Å². The lowest BCUT2D eigenvalue weighted by Gasteiger charge is -1.96. The highest BCUT2D eigenvalue weighted by atomic mass is 32.1. The fraction of sp³-hybridized carbons (Fsp3) is 0. The molecule has 0 aliphatic heterocycles. The molecule has 16 heavy (non-hydrogen) atoms. The Bertz CT molecular complexity index is 521. The van der Waals surface area contributed by atoms with Gasteiger partial charge < -0.3 is 0 Å². The average molecular weight is 235 g/mol. The van der Waals surface area contributed by atoms with E-state index in [4.69, 9.17) is 0 Å². The highest BCUT2D eigenvalue weighted by molar-refractivity contribution is 7.08. The van der Waals surface area contributed by atoms with Gasteiger partial charge in [-0.05, 0) is 23.7 Å². The first-order chi connectivity index (χ1) is 7.68. The maximum atomic E-state index is 11.7. The number of nitro benzene ring substituents is 1. The predicted octanol–water partition coefficient (Wildman–Crippen LogP) is 1.68. The maximum Gasteiger partial charge on any atom is 0.269 e. The van der Waals surface area contributed by atoms with E-state index in [1.54, 1.807) is 0 Å². The summed E-state index contributed by atoms with van der Waals surface area (Å²) in [6.45, 7) is 0. The molecule has 0 spiro atoms. The highest BCUT2D eigenvalue weighted by Gasteiger charge is 2.13. The third kappa shape index (κ3) is 1.94. The summed E-state index contributed by atoms with van der Waals surface area (Å²) in [7, 11) is 0. The number of ketones is 1. The first-order valence-electron chi connectivity index (χ1n) is 4.25. The molecule has 6 nitrogen and oxygen atoms in total. The average Bonchev–Trinajstić information content (AvgIpc) is 2.81. The van der Waals surface area contributed by atoms with Crippen molar-refractivity contribution in [3.8, 4) is 0 Å². The number of nitrogens with zero attached hydrogens (tertiary/aromatic N) is 3. The van der Waals surface area contributed by atoms with Crippen molar-refractivity contribution in [3.05, 3.63) is 51.0 Å². The van der Waals surface area contributed by atoms with E-state index in [9.17, 15) is 14.9 Å². The summed E-state index contributed by atoms with van der Waals surface area (Å²) in [5.74, 6) is -0.232. The molecule has 2 aromatic rings. The maximum absolute atomic E-state index is 11.7. The molecule has 1 heterocycles. The van der Waals surface area contributed by atoms with Crippen LogP contribution in [0.5, 0.6) is 0 Å². The second kappa shape index (κ2) is 4.15. The molecule has 2 rings (SSSR count). The zero-order valence-corrected chi connectivity index (χ0v) is 8.68. The lowest BCUT2D eigenvalue weighted by Crippen LogP contribution is -1.98. The van der Waals surface area contributed by atoms with Crippen LogP contribution in [0.4, 0.5) is 5.69 Å². The summed E-state index contributed by atoms with van der Waals surface area (Å²) in [6.07, 6.45) is 1.37. The van der Waals surface area contributed by atoms with Crippen molar-refractivity contribution in [1.29, 1.82) is 0 Å². The normalized spacial score (nSPS) is 10.0. The van der Waals surface area contributed by atoms with Crippen LogP contribution >= 0.6 is 11.5 Å². The third-order valence-electron chi connectivity index (χ3n) is 1.93. The van der Waals surface area contributed by atoms with E-state index in [1.165, 1.54) is 30.5 Å². The van der Waals surface area contributed by atoms with Crippen LogP contribution in [0.2, 0.25) is 0 Å². The predicted molar refractivity (Wildman–Crippen MR) is 56.4 cm³/mol. The molecule has 0 N–H and O–H groups in total. The number of carbonyl (C=O) groups excluding carboxylic acids is 1. The Labute approximate surface area is 93.9 Å². The van der Waals surface area contributed by atoms with Crippen molar-refractivity contribution < 1.29 is 9.72 Å². The van der Waals surface area contributed by atoms with E-state index in [2.05, 4.69) is 9.59 Å². The Balaban J connectivity index is 2.29. The Morgan fingerprint density at radius 3 is 2.50 bits per heavy atom. The molecule has 1 aromatic carbocycles. The zero-order chi connectivity index (χ0) is 11.5. The largest absolute Gasteiger partial charge is 0.288 e. The van der Waals surface area contributed by atoms with Crippen LogP contribution in [0.15, 0.2) is 30.5 Å². The molecule has 0 fully saturated rings. The molecule has 0 aliphatic carbocycles. The molecule has 7 heteroatoms. The van der Waals surface area contributed by atoms with E-state index < -0.39 is 4.92 Å². The molecule has 80 valence electrons. The number of carbonyl (C=O) groups is 1. The van der Waals surface area contributed by atoms with Gasteiger partial charge in [-0.1, -0.05) is 4.49 Å². The fourth-order valence-electron chi connectivity index (χ4n) is 1.14. The van der Waals surface area contributed by atoms with Crippen LogP contribution in [0.3, 0.4) is 0 Å². The third-order valence-corrected chi connectivity index (χ3v) is 2.59. The number of rotatable bonds is 3. The topological polar surface area (TPSA) is 86.0 Å². The van der Waals surface area contributed by atoms with Gasteiger partial charge in [0.2, 0.25) is 5.78 Å². The number of non-ortho nitro benzene ring substituents is 1. The quantitative estimate of drug-likeness (QED) is 0.459. The van der Waals surface area contributed by atoms with E-state index in [0.717, 1.165) is 11.5 Å². The van der Waals surface area contributed by atoms with Crippen LogP contribution in [0.1, 0.15) is 15.2 Å². The van der Waals surface area contributed by atoms with Crippen LogP contribution in [0, 0.1) is 10.1 Å². The summed E-state index contributed by atoms with van der Waals surface area (Å²) < 4.78 is 3.58. The summed E-state index contributed by atoms with van der Waals surface area (Å²) in [5, 5.41) is 14.0. The summed E-state index contributed by atoms with van der Waals surface area (Å²) in [5.41, 5.74) is 0.343. The molecule has 0 unspecified atom stereocenters. The minimum Gasteiger partial charge on any atom is -0.288 e. The summed E-state index contributed by atoms with van der Waals surface area (Å²) in [4.78, 5) is 22.1. The standard InChI is InChI=1S/C9H5N3O3S/c13-9(8-5-10-11-16-8)6-1-3-7(4-2-6)12(14)15/h1-5H. The van der Waals surface area contributed by atoms with Gasteiger partial charge in [-0.3, -0.25) is 14.9 Å². The number of nitro groups is 1. The van der Waals surface area contributed by atoms with Gasteiger partial charge in [0.1, 0.15) is 4.88 Å². The van der Waals surface area contributed by atoms with Gasteiger partial charge in [0.15, 0.2) is 0 Å². The molecule has 0 aliphatic rings. The van der Waals surface area contributed by atoms with E-state index in [0.29, 0.717) is 10.4 Å². The molecular weight excluding hydrogens is 230 g/mol. The van der Waals surface area contributed by atoms with Crippen LogP contribution in [0.25, 0.3) is 0 Å². The van der Waals surface area contributed by atoms with Crippen molar-refractivity contribution in [2.24, 2.45) is 0 Å². The number of hydrogen-bond acceptors (Lipinski definition) is 6.